The van der Waals surface area contributed by atoms with E-state index in [0.717, 1.165) is 11.4 Å². The molecule has 0 aliphatic carbocycles. The van der Waals surface area contributed by atoms with Crippen LogP contribution >= 0.6 is 11.6 Å². The number of piperazine rings is 1. The molecule has 0 spiro atoms. The van der Waals surface area contributed by atoms with Crippen molar-refractivity contribution in [3.63, 3.8) is 0 Å². The highest BCUT2D eigenvalue weighted by molar-refractivity contribution is 6.62. The maximum absolute atomic E-state index is 13.4. The summed E-state index contributed by atoms with van der Waals surface area (Å²) in [6.07, 6.45) is 1.61. The Labute approximate surface area is 207 Å². The normalized spacial score (nSPS) is 14.6. The van der Waals surface area contributed by atoms with Crippen molar-refractivity contribution in [3.8, 4) is 17.2 Å². The van der Waals surface area contributed by atoms with Crippen LogP contribution in [0.5, 0.6) is 11.5 Å². The quantitative estimate of drug-likeness (QED) is 0.338. The number of carbonyl (C=O) groups excluding carboxylic acids is 2. The van der Waals surface area contributed by atoms with E-state index in [0.29, 0.717) is 61.7 Å². The van der Waals surface area contributed by atoms with Crippen LogP contribution in [0, 0.1) is 0 Å². The molecule has 182 valence electrons. The van der Waals surface area contributed by atoms with Gasteiger partial charge < -0.3 is 29.3 Å². The number of likely N-dealkylation sites (N-methyl/N-ethyl adjacent to an activating group) is 1. The first-order chi connectivity index (χ1) is 16.8. The van der Waals surface area contributed by atoms with E-state index in [9.17, 15) is 14.4 Å². The van der Waals surface area contributed by atoms with Gasteiger partial charge in [0.05, 0.1) is 16.8 Å². The number of carbonyl (C=O) groups is 2. The molecule has 35 heavy (non-hydrogen) atoms. The topological polar surface area (TPSA) is 87.1 Å². The zero-order valence-corrected chi connectivity index (χ0v) is 20.3. The Morgan fingerprint density at radius 1 is 1.06 bits per heavy atom. The Bertz CT molecular complexity index is 1380. The van der Waals surface area contributed by atoms with Crippen LogP contribution in [0.2, 0.25) is 0 Å². The minimum Gasteiger partial charge on any atom is -0.451 e. The second-order valence-electron chi connectivity index (χ2n) is 8.91. The fourth-order valence-corrected chi connectivity index (χ4v) is 4.71. The van der Waals surface area contributed by atoms with Crippen molar-refractivity contribution < 1.29 is 14.3 Å². The minimum absolute atomic E-state index is 0.0842. The first-order valence-corrected chi connectivity index (χ1v) is 11.8. The molecule has 3 aromatic rings. The molecule has 5 rings (SSSR count). The third kappa shape index (κ3) is 4.21. The van der Waals surface area contributed by atoms with Crippen molar-refractivity contribution in [2.24, 2.45) is 0 Å². The number of para-hydroxylation sites is 2. The first kappa shape index (κ1) is 23.2. The van der Waals surface area contributed by atoms with Crippen LogP contribution in [0.4, 0.5) is 10.5 Å². The molecular formula is C25H26ClN5O4. The van der Waals surface area contributed by atoms with E-state index < -0.39 is 11.3 Å². The Hall–Kier alpha value is -3.56. The van der Waals surface area contributed by atoms with E-state index in [1.54, 1.807) is 17.2 Å². The van der Waals surface area contributed by atoms with Gasteiger partial charge in [-0.2, -0.15) is 0 Å². The van der Waals surface area contributed by atoms with Crippen molar-refractivity contribution in [1.29, 1.82) is 0 Å². The van der Waals surface area contributed by atoms with Gasteiger partial charge in [0.1, 0.15) is 11.1 Å². The molecule has 0 unspecified atom stereocenters. The number of ether oxygens (including phenoxy) is 1. The number of aromatic nitrogens is 1. The highest BCUT2D eigenvalue weighted by Crippen LogP contribution is 2.45. The molecule has 2 aromatic carbocycles. The number of nitrogens with zero attached hydrogens (tertiary/aromatic N) is 4. The minimum atomic E-state index is -0.458. The first-order valence-electron chi connectivity index (χ1n) is 11.5. The SMILES string of the molecule is CN(C)CCNC(=O)c1cn2c3c(c(N4CCN(C(=O)Cl)CC4)ccc3c1=O)Oc1ccccc1-2. The molecule has 10 heteroatoms. The lowest BCUT2D eigenvalue weighted by Crippen LogP contribution is -2.47. The van der Waals surface area contributed by atoms with E-state index in [1.807, 2.05) is 53.9 Å². The van der Waals surface area contributed by atoms with Crippen LogP contribution in [0.3, 0.4) is 0 Å². The summed E-state index contributed by atoms with van der Waals surface area (Å²) in [5.74, 6) is 0.786. The second kappa shape index (κ2) is 9.24. The number of rotatable bonds is 5. The molecule has 2 aliphatic rings. The average Bonchev–Trinajstić information content (AvgIpc) is 2.85. The monoisotopic (exact) mass is 495 g/mol. The number of fused-ring (bicyclic) bond motifs is 2. The number of anilines is 1. The molecule has 0 saturated carbocycles. The summed E-state index contributed by atoms with van der Waals surface area (Å²) in [5, 5.41) is 2.80. The highest BCUT2D eigenvalue weighted by Gasteiger charge is 2.29. The standard InChI is InChI=1S/C25H26ClN5O4/c1-28(2)10-9-27-24(33)17-15-31-18-5-3-4-6-20(18)35-23-19(8-7-16(21(23)31)22(17)32)29-11-13-30(14-12-29)25(26)34/h3-8,15H,9-14H2,1-2H3,(H,27,33). The number of hydrogen-bond donors (Lipinski definition) is 1. The number of halogens is 1. The molecule has 0 radical (unpaired) electrons. The number of pyridine rings is 1. The van der Waals surface area contributed by atoms with Gasteiger partial charge in [0.25, 0.3) is 5.91 Å². The summed E-state index contributed by atoms with van der Waals surface area (Å²) in [7, 11) is 3.84. The molecule has 2 amide bonds. The molecule has 1 fully saturated rings. The molecule has 3 heterocycles. The Morgan fingerprint density at radius 2 is 1.80 bits per heavy atom. The van der Waals surface area contributed by atoms with Crippen molar-refractivity contribution in [2.75, 3.05) is 58.3 Å². The van der Waals surface area contributed by atoms with Gasteiger partial charge in [-0.3, -0.25) is 14.4 Å². The van der Waals surface area contributed by atoms with Gasteiger partial charge in [-0.15, -0.1) is 0 Å². The molecule has 0 atom stereocenters. The van der Waals surface area contributed by atoms with Crippen LogP contribution in [0.25, 0.3) is 16.6 Å². The van der Waals surface area contributed by atoms with Gasteiger partial charge >= 0.3 is 5.37 Å². The van der Waals surface area contributed by atoms with Crippen LogP contribution < -0.4 is 20.4 Å². The van der Waals surface area contributed by atoms with E-state index in [-0.39, 0.29) is 11.0 Å². The van der Waals surface area contributed by atoms with Crippen LogP contribution in [-0.4, -0.2) is 79.0 Å². The third-order valence-electron chi connectivity index (χ3n) is 6.39. The van der Waals surface area contributed by atoms with Gasteiger partial charge in [0, 0.05) is 45.5 Å². The molecule has 1 aromatic heterocycles. The predicted molar refractivity (Wildman–Crippen MR) is 136 cm³/mol. The second-order valence-corrected chi connectivity index (χ2v) is 9.23. The smallest absolute Gasteiger partial charge is 0.316 e. The summed E-state index contributed by atoms with van der Waals surface area (Å²) >= 11 is 5.65. The predicted octanol–water partition coefficient (Wildman–Crippen LogP) is 2.87. The highest BCUT2D eigenvalue weighted by atomic mass is 35.5. The van der Waals surface area contributed by atoms with Gasteiger partial charge in [-0.25, -0.2) is 0 Å². The van der Waals surface area contributed by atoms with Crippen LogP contribution in [0.1, 0.15) is 10.4 Å². The molecular weight excluding hydrogens is 470 g/mol. The van der Waals surface area contributed by atoms with Gasteiger partial charge in [0.2, 0.25) is 5.43 Å². The molecule has 1 saturated heterocycles. The van der Waals surface area contributed by atoms with Gasteiger partial charge in [0.15, 0.2) is 11.5 Å². The number of nitrogens with one attached hydrogen (secondary N) is 1. The zero-order chi connectivity index (χ0) is 24.7. The number of hydrogen-bond acceptors (Lipinski definition) is 6. The van der Waals surface area contributed by atoms with Crippen molar-refractivity contribution >= 4 is 39.5 Å². The van der Waals surface area contributed by atoms with E-state index in [1.165, 1.54) is 0 Å². The summed E-state index contributed by atoms with van der Waals surface area (Å²) in [6.45, 7) is 3.26. The Kier molecular flexibility index (Phi) is 6.12. The number of amides is 2. The molecule has 9 nitrogen and oxygen atoms in total. The molecule has 2 aliphatic heterocycles. The van der Waals surface area contributed by atoms with Crippen molar-refractivity contribution in [1.82, 2.24) is 19.7 Å². The molecule has 1 N–H and O–H groups in total. The van der Waals surface area contributed by atoms with E-state index >= 15 is 0 Å². The largest absolute Gasteiger partial charge is 0.451 e. The average molecular weight is 496 g/mol. The maximum atomic E-state index is 13.4. The van der Waals surface area contributed by atoms with Crippen LogP contribution in [-0.2, 0) is 0 Å². The number of benzene rings is 2. The lowest BCUT2D eigenvalue weighted by atomic mass is 10.1. The van der Waals surface area contributed by atoms with Crippen LogP contribution in [0.15, 0.2) is 47.4 Å². The van der Waals surface area contributed by atoms with E-state index in [4.69, 9.17) is 16.3 Å². The Morgan fingerprint density at radius 3 is 2.51 bits per heavy atom. The summed E-state index contributed by atoms with van der Waals surface area (Å²) in [5.41, 5.74) is 1.94. The Balaban J connectivity index is 1.61. The summed E-state index contributed by atoms with van der Waals surface area (Å²) < 4.78 is 8.21. The molecule has 0 bridgehead atoms. The van der Waals surface area contributed by atoms with Crippen molar-refractivity contribution in [2.45, 2.75) is 0 Å². The van der Waals surface area contributed by atoms with Gasteiger partial charge in [-0.05, 0) is 50.0 Å². The van der Waals surface area contributed by atoms with Gasteiger partial charge in [-0.1, -0.05) is 12.1 Å². The zero-order valence-electron chi connectivity index (χ0n) is 19.6. The lowest BCUT2D eigenvalue weighted by Gasteiger charge is -2.36. The van der Waals surface area contributed by atoms with Crippen molar-refractivity contribution in [3.05, 3.63) is 58.4 Å². The lowest BCUT2D eigenvalue weighted by molar-refractivity contribution is 0.0949. The summed E-state index contributed by atoms with van der Waals surface area (Å²) in [4.78, 5) is 43.6. The maximum Gasteiger partial charge on any atom is 0.316 e. The third-order valence-corrected chi connectivity index (χ3v) is 6.63. The van der Waals surface area contributed by atoms with E-state index in [2.05, 4.69) is 10.2 Å². The fourth-order valence-electron chi connectivity index (χ4n) is 4.55. The fraction of sp³-hybridized carbons (Fsp3) is 0.320. The summed E-state index contributed by atoms with van der Waals surface area (Å²) in [6, 6.07) is 11.1.